The van der Waals surface area contributed by atoms with E-state index in [1.165, 1.54) is 0 Å². The van der Waals surface area contributed by atoms with Crippen LogP contribution in [0.25, 0.3) is 0 Å². The van der Waals surface area contributed by atoms with Gasteiger partial charge in [0.15, 0.2) is 0 Å². The third-order valence-electron chi connectivity index (χ3n) is 15.3. The fourth-order valence-electron chi connectivity index (χ4n) is 12.3. The van der Waals surface area contributed by atoms with Crippen LogP contribution in [0.3, 0.4) is 0 Å². The first-order valence-corrected chi connectivity index (χ1v) is 17.8. The molecular weight excluding hydrogens is 624 g/mol. The van der Waals surface area contributed by atoms with Gasteiger partial charge in [-0.2, -0.15) is 0 Å². The molecule has 0 bridgehead atoms. The van der Waals surface area contributed by atoms with Gasteiger partial charge in [-0.15, -0.1) is 0 Å². The number of rotatable bonds is 4. The lowest BCUT2D eigenvalue weighted by Gasteiger charge is -2.72. The van der Waals surface area contributed by atoms with Crippen molar-refractivity contribution in [2.24, 2.45) is 50.2 Å². The van der Waals surface area contributed by atoms with Gasteiger partial charge in [0, 0.05) is 17.3 Å². The second kappa shape index (κ2) is 11.7. The third-order valence-corrected chi connectivity index (χ3v) is 15.3. The highest BCUT2D eigenvalue weighted by atomic mass is 16.7. The van der Waals surface area contributed by atoms with Crippen molar-refractivity contribution >= 4 is 5.97 Å². The van der Waals surface area contributed by atoms with Crippen LogP contribution >= 0.6 is 0 Å². The summed E-state index contributed by atoms with van der Waals surface area (Å²) in [6.07, 6.45) is -6.92. The first kappa shape index (κ1) is 36.6. The van der Waals surface area contributed by atoms with Gasteiger partial charge >= 0.3 is 5.97 Å². The van der Waals surface area contributed by atoms with Crippen molar-refractivity contribution < 1.29 is 60.2 Å². The van der Waals surface area contributed by atoms with E-state index in [0.29, 0.717) is 38.5 Å². The Kier molecular flexibility index (Phi) is 8.89. The number of aliphatic hydroxyl groups excluding tert-OH is 9. The van der Waals surface area contributed by atoms with Crippen LogP contribution in [0.4, 0.5) is 0 Å². The Morgan fingerprint density at radius 1 is 0.833 bits per heavy atom. The molecule has 0 aromatic carbocycles. The summed E-state index contributed by atoms with van der Waals surface area (Å²) >= 11 is 0. The highest BCUT2D eigenvalue weighted by Crippen LogP contribution is 2.75. The van der Waals surface area contributed by atoms with E-state index in [1.807, 2.05) is 13.8 Å². The number of esters is 1. The summed E-state index contributed by atoms with van der Waals surface area (Å²) in [6, 6.07) is 0. The van der Waals surface area contributed by atoms with E-state index >= 15 is 0 Å². The monoisotopic (exact) mass is 682 g/mol. The van der Waals surface area contributed by atoms with E-state index in [4.69, 9.17) is 9.47 Å². The molecule has 4 saturated carbocycles. The second-order valence-electron chi connectivity index (χ2n) is 18.0. The van der Waals surface area contributed by atoms with Crippen molar-refractivity contribution in [1.82, 2.24) is 0 Å². The Hall–Kier alpha value is -1.19. The molecule has 0 radical (unpaired) electrons. The van der Waals surface area contributed by atoms with Gasteiger partial charge in [0.2, 0.25) is 6.29 Å². The molecule has 6 aliphatic rings. The lowest BCUT2D eigenvalue weighted by Crippen LogP contribution is -2.72. The lowest BCUT2D eigenvalue weighted by molar-refractivity contribution is -0.299. The molecule has 0 amide bonds. The lowest BCUT2D eigenvalue weighted by atomic mass is 9.32. The molecule has 0 spiro atoms. The van der Waals surface area contributed by atoms with Crippen molar-refractivity contribution in [1.29, 1.82) is 0 Å². The molecular formula is C36H58O12. The second-order valence-corrected chi connectivity index (χ2v) is 18.0. The zero-order valence-electron chi connectivity index (χ0n) is 29.1. The Labute approximate surface area is 282 Å². The van der Waals surface area contributed by atoms with Crippen LogP contribution < -0.4 is 0 Å². The molecule has 1 saturated heterocycles. The number of carbonyl (C=O) groups is 1. The van der Waals surface area contributed by atoms with E-state index < -0.39 is 112 Å². The standard InChI is InChI=1S/C36H58O12/c1-31(2)9-11-36(30(46)48-29-25(43)24(42)23(41)20(15-37)47-29)12-10-34(5)17(22(36)28(31)45)7-8-21-32(3)13-19(40)27(44)33(4,16-38)26(32)18(39)14-35(21,34)6/h7,18-29,37-45H,8-16H2,1-6H3/t18-,19-,20-,21+,22+,23-,24+,25-,26-,27+,28+,29+,32-,33+,34-,35-,36+/m1/s1. The normalized spacial score (nSPS) is 56.1. The molecule has 5 fully saturated rings. The zero-order valence-corrected chi connectivity index (χ0v) is 29.1. The summed E-state index contributed by atoms with van der Waals surface area (Å²) in [5.74, 6) is -1.87. The summed E-state index contributed by atoms with van der Waals surface area (Å²) in [6.45, 7) is 11.0. The molecule has 48 heavy (non-hydrogen) atoms. The fourth-order valence-corrected chi connectivity index (χ4v) is 12.3. The van der Waals surface area contributed by atoms with Gasteiger partial charge in [0.1, 0.15) is 24.4 Å². The quantitative estimate of drug-likeness (QED) is 0.145. The summed E-state index contributed by atoms with van der Waals surface area (Å²) in [7, 11) is 0. The van der Waals surface area contributed by atoms with E-state index in [9.17, 15) is 50.8 Å². The summed E-state index contributed by atoms with van der Waals surface area (Å²) in [4.78, 5) is 14.4. The molecule has 12 nitrogen and oxygen atoms in total. The van der Waals surface area contributed by atoms with Crippen LogP contribution in [-0.4, -0.2) is 120 Å². The average molecular weight is 683 g/mol. The van der Waals surface area contributed by atoms with Crippen molar-refractivity contribution in [2.75, 3.05) is 13.2 Å². The minimum absolute atomic E-state index is 0.0533. The smallest absolute Gasteiger partial charge is 0.315 e. The van der Waals surface area contributed by atoms with Crippen LogP contribution in [0.15, 0.2) is 11.6 Å². The predicted molar refractivity (Wildman–Crippen MR) is 170 cm³/mol. The maximum atomic E-state index is 14.4. The van der Waals surface area contributed by atoms with Gasteiger partial charge in [0.05, 0.1) is 43.0 Å². The van der Waals surface area contributed by atoms with Crippen molar-refractivity contribution in [2.45, 2.75) is 142 Å². The van der Waals surface area contributed by atoms with Crippen molar-refractivity contribution in [3.63, 3.8) is 0 Å². The number of carbonyl (C=O) groups excluding carboxylic acids is 1. The van der Waals surface area contributed by atoms with Crippen molar-refractivity contribution in [3.8, 4) is 0 Å². The molecule has 1 heterocycles. The molecule has 0 unspecified atom stereocenters. The Morgan fingerprint density at radius 2 is 1.48 bits per heavy atom. The van der Waals surface area contributed by atoms with E-state index in [1.54, 1.807) is 6.92 Å². The fraction of sp³-hybridized carbons (Fsp3) is 0.917. The molecule has 274 valence electrons. The van der Waals surface area contributed by atoms with Crippen LogP contribution in [0.2, 0.25) is 0 Å². The Balaban J connectivity index is 1.41. The number of aliphatic hydroxyl groups is 9. The minimum atomic E-state index is -1.75. The largest absolute Gasteiger partial charge is 0.432 e. The molecule has 12 heteroatoms. The topological polar surface area (TPSA) is 218 Å². The highest BCUT2D eigenvalue weighted by molar-refractivity contribution is 5.79. The van der Waals surface area contributed by atoms with Crippen LogP contribution in [-0.2, 0) is 14.3 Å². The maximum absolute atomic E-state index is 14.4. The molecule has 9 N–H and O–H groups in total. The van der Waals surface area contributed by atoms with E-state index in [2.05, 4.69) is 26.8 Å². The summed E-state index contributed by atoms with van der Waals surface area (Å²) < 4.78 is 11.4. The van der Waals surface area contributed by atoms with Gasteiger partial charge in [-0.25, -0.2) is 0 Å². The van der Waals surface area contributed by atoms with E-state index in [0.717, 1.165) is 5.57 Å². The molecule has 17 atom stereocenters. The van der Waals surface area contributed by atoms with Crippen molar-refractivity contribution in [3.05, 3.63) is 11.6 Å². The zero-order chi connectivity index (χ0) is 35.6. The molecule has 1 aliphatic heterocycles. The third kappa shape index (κ3) is 4.66. The summed E-state index contributed by atoms with van der Waals surface area (Å²) in [5, 5.41) is 98.0. The Morgan fingerprint density at radius 3 is 2.10 bits per heavy atom. The molecule has 0 aromatic rings. The van der Waals surface area contributed by atoms with Crippen LogP contribution in [0.5, 0.6) is 0 Å². The highest BCUT2D eigenvalue weighted by Gasteiger charge is 2.73. The average Bonchev–Trinajstić information content (AvgIpc) is 3.02. The number of hydrogen-bond donors (Lipinski definition) is 9. The van der Waals surface area contributed by atoms with Crippen LogP contribution in [0.1, 0.15) is 86.5 Å². The molecule has 5 aliphatic carbocycles. The van der Waals surface area contributed by atoms with Gasteiger partial charge in [-0.1, -0.05) is 53.2 Å². The summed E-state index contributed by atoms with van der Waals surface area (Å²) in [5.41, 5.74) is -3.71. The van der Waals surface area contributed by atoms with E-state index in [-0.39, 0.29) is 18.9 Å². The predicted octanol–water partition coefficient (Wildman–Crippen LogP) is 0.377. The number of fused-ring (bicyclic) bond motifs is 7. The van der Waals surface area contributed by atoms with Crippen LogP contribution in [0, 0.1) is 50.2 Å². The maximum Gasteiger partial charge on any atom is 0.315 e. The number of hydrogen-bond acceptors (Lipinski definition) is 12. The molecule has 6 rings (SSSR count). The molecule has 0 aromatic heterocycles. The first-order valence-electron chi connectivity index (χ1n) is 17.8. The van der Waals surface area contributed by atoms with Gasteiger partial charge in [-0.3, -0.25) is 4.79 Å². The minimum Gasteiger partial charge on any atom is -0.432 e. The van der Waals surface area contributed by atoms with Gasteiger partial charge < -0.3 is 55.4 Å². The first-order chi connectivity index (χ1) is 22.2. The SMILES string of the molecule is CC1(C)CC[C@]2(C(=O)O[C@@H]3O[C@H](CO)[C@@H](O)[C@H](O)[C@H]3O)CC[C@]3(C)C(=CC[C@H]4[C@@]5(C)C[C@@H](O)[C@H](O)[C@@](C)(CO)[C@@H]5[C@H](O)C[C@]43C)[C@H]2[C@@H]1O. The Bertz CT molecular complexity index is 1300. The van der Waals surface area contributed by atoms with Gasteiger partial charge in [-0.05, 0) is 72.5 Å². The number of ether oxygens (including phenoxy) is 2. The number of allylic oxidation sites excluding steroid dienone is 1. The van der Waals surface area contributed by atoms with Gasteiger partial charge in [0.25, 0.3) is 0 Å².